The molecule has 0 atom stereocenters. The third-order valence-electron chi connectivity index (χ3n) is 8.46. The quantitative estimate of drug-likeness (QED) is 0.0560. The summed E-state index contributed by atoms with van der Waals surface area (Å²) in [7, 11) is 6.49. The fourth-order valence-corrected chi connectivity index (χ4v) is 5.66. The van der Waals surface area contributed by atoms with Crippen molar-refractivity contribution >= 4 is 50.6 Å². The number of ether oxygens (including phenoxy) is 6. The van der Waals surface area contributed by atoms with Gasteiger partial charge in [-0.2, -0.15) is 8.78 Å². The Bertz CT molecular complexity index is 2360. The third kappa shape index (κ3) is 7.50. The van der Waals surface area contributed by atoms with E-state index < -0.39 is 59.9 Å². The summed E-state index contributed by atoms with van der Waals surface area (Å²) in [4.78, 5) is 59.0. The lowest BCUT2D eigenvalue weighted by Gasteiger charge is -2.20. The fourth-order valence-electron chi connectivity index (χ4n) is 5.66. The molecule has 54 heavy (non-hydrogen) atoms. The molecule has 0 saturated heterocycles. The van der Waals surface area contributed by atoms with Gasteiger partial charge in [-0.1, -0.05) is 0 Å². The van der Waals surface area contributed by atoms with Crippen molar-refractivity contribution in [3.05, 3.63) is 70.2 Å². The smallest absolute Gasteiger partial charge is 0.415 e. The number of likely N-dealkylation sites (N-methyl/N-ethyl adjacent to an activating group) is 2. The summed E-state index contributed by atoms with van der Waals surface area (Å²) in [5, 5.41) is 2.05. The molecule has 0 N–H and O–H groups in total. The Kier molecular flexibility index (Phi) is 10.7. The number of nitrogens with zero attached hydrogens (tertiary/aromatic N) is 4. The van der Waals surface area contributed by atoms with Gasteiger partial charge in [0, 0.05) is 54.6 Å². The topological polar surface area (TPSA) is 148 Å². The first-order valence-electron chi connectivity index (χ1n) is 16.3. The van der Waals surface area contributed by atoms with Crippen LogP contribution in [-0.2, 0) is 20.9 Å². The molecule has 0 saturated carbocycles. The molecule has 0 spiro atoms. The van der Waals surface area contributed by atoms with Crippen LogP contribution in [0.2, 0.25) is 0 Å². The van der Waals surface area contributed by atoms with Gasteiger partial charge in [-0.25, -0.2) is 13.6 Å². The summed E-state index contributed by atoms with van der Waals surface area (Å²) in [5.74, 6) is -10.1. The van der Waals surface area contributed by atoms with Crippen molar-refractivity contribution < 1.29 is 60.4 Å². The van der Waals surface area contributed by atoms with E-state index in [0.717, 1.165) is 4.90 Å². The Morgan fingerprint density at radius 1 is 0.815 bits per heavy atom. The summed E-state index contributed by atoms with van der Waals surface area (Å²) in [6, 6.07) is 6.49. The number of carbonyl (C=O) groups is 3. The zero-order valence-corrected chi connectivity index (χ0v) is 29.3. The highest BCUT2D eigenvalue weighted by Crippen LogP contribution is 2.40. The highest BCUT2D eigenvalue weighted by atomic mass is 19.2. The average molecular weight is 757 g/mol. The van der Waals surface area contributed by atoms with E-state index >= 15 is 0 Å². The first-order chi connectivity index (χ1) is 25.8. The highest BCUT2D eigenvalue weighted by molar-refractivity contribution is 6.15. The van der Waals surface area contributed by atoms with Gasteiger partial charge in [0.05, 0.1) is 42.9 Å². The van der Waals surface area contributed by atoms with Crippen LogP contribution in [0.1, 0.15) is 12.8 Å². The van der Waals surface area contributed by atoms with Crippen molar-refractivity contribution in [1.82, 2.24) is 19.4 Å². The fraction of sp³-hybridized carbons (Fsp3) is 0.306. The Morgan fingerprint density at radius 2 is 1.48 bits per heavy atom. The second-order valence-corrected chi connectivity index (χ2v) is 12.3. The van der Waals surface area contributed by atoms with Crippen molar-refractivity contribution in [2.45, 2.75) is 19.4 Å². The molecule has 1 aliphatic rings. The van der Waals surface area contributed by atoms with Crippen molar-refractivity contribution in [3.63, 3.8) is 0 Å². The number of halogens is 4. The number of hydrogen-bond acceptors (Lipinski definition) is 12. The molecule has 14 nitrogen and oxygen atoms in total. The minimum Gasteiger partial charge on any atom is -0.493 e. The number of hydrogen-bond donors (Lipinski definition) is 0. The van der Waals surface area contributed by atoms with Crippen LogP contribution < -0.4 is 29.2 Å². The van der Waals surface area contributed by atoms with E-state index in [1.54, 1.807) is 29.0 Å². The minimum absolute atomic E-state index is 0.0485. The third-order valence-corrected chi connectivity index (χ3v) is 8.46. The van der Waals surface area contributed by atoms with Gasteiger partial charge >= 0.3 is 18.0 Å². The molecular weight excluding hydrogens is 724 g/mol. The number of aromatic nitrogens is 2. The number of benzene rings is 3. The zero-order valence-electron chi connectivity index (χ0n) is 29.3. The maximum absolute atomic E-state index is 14.2. The van der Waals surface area contributed by atoms with Gasteiger partial charge in [-0.15, -0.1) is 0 Å². The van der Waals surface area contributed by atoms with Crippen molar-refractivity contribution in [2.24, 2.45) is 0 Å². The Hall–Kier alpha value is -6.17. The molecular formula is C36H32F4N4O10. The van der Waals surface area contributed by atoms with Gasteiger partial charge in [-0.05, 0) is 32.3 Å². The zero-order chi connectivity index (χ0) is 38.8. The molecule has 3 aromatic carbocycles. The van der Waals surface area contributed by atoms with E-state index in [9.17, 15) is 36.7 Å². The summed E-state index contributed by atoms with van der Waals surface area (Å²) in [6.07, 6.45) is -0.587. The molecule has 0 fully saturated rings. The van der Waals surface area contributed by atoms with Gasteiger partial charge in [0.25, 0.3) is 5.56 Å². The van der Waals surface area contributed by atoms with E-state index in [1.165, 1.54) is 20.2 Å². The number of esters is 2. The van der Waals surface area contributed by atoms with Crippen molar-refractivity contribution in [1.29, 1.82) is 0 Å². The van der Waals surface area contributed by atoms with E-state index in [0.29, 0.717) is 51.8 Å². The molecule has 0 aliphatic carbocycles. The normalized spacial score (nSPS) is 12.1. The van der Waals surface area contributed by atoms with Gasteiger partial charge in [-0.3, -0.25) is 19.4 Å². The van der Waals surface area contributed by atoms with Crippen LogP contribution in [0.5, 0.6) is 28.7 Å². The number of rotatable bonds is 12. The molecule has 0 unspecified atom stereocenters. The number of methoxy groups -OCH3 is 1. The molecule has 0 radical (unpaired) electrons. The number of pyridine rings is 2. The summed E-state index contributed by atoms with van der Waals surface area (Å²) in [6.45, 7) is 0.387. The van der Waals surface area contributed by atoms with Crippen LogP contribution in [0.4, 0.5) is 22.4 Å². The molecule has 0 bridgehead atoms. The van der Waals surface area contributed by atoms with Crippen LogP contribution >= 0.6 is 0 Å². The maximum atomic E-state index is 14.2. The van der Waals surface area contributed by atoms with E-state index in [1.807, 2.05) is 19.0 Å². The minimum atomic E-state index is -1.91. The first-order valence-corrected chi connectivity index (χ1v) is 16.3. The molecule has 5 aromatic rings. The Balaban J connectivity index is 1.15. The SMILES string of the molecule is COc1cc2c(cc1OC(=O)N(C)CCOC(=O)CCC(=O)Oc1c(F)c(F)cc(F)c1F)c(=O)n(CCN(C)C)c1c3cc4c(cc3ncc21)OCO4. The summed E-state index contributed by atoms with van der Waals surface area (Å²) < 4.78 is 87.5. The largest absolute Gasteiger partial charge is 0.493 e. The second kappa shape index (κ2) is 15.4. The Labute approximate surface area is 303 Å². The van der Waals surface area contributed by atoms with Gasteiger partial charge in [0.2, 0.25) is 24.2 Å². The standard InChI is InChI=1S/C36H32F4N4O10/c1-42(2)7-8-44-33-20-13-26-27(52-17-51-26)15-24(20)41-16-21(33)18-11-25(49-4)28(12-19(18)35(44)47)53-36(48)43(3)9-10-50-29(45)5-6-30(46)54-34-31(39)22(37)14-23(38)32(34)40/h11-16H,5-10,17H2,1-4H3. The highest BCUT2D eigenvalue weighted by Gasteiger charge is 2.25. The van der Waals surface area contributed by atoms with E-state index in [4.69, 9.17) is 23.7 Å². The van der Waals surface area contributed by atoms with Crippen LogP contribution in [0.15, 0.2) is 41.3 Å². The number of fused-ring (bicyclic) bond motifs is 6. The van der Waals surface area contributed by atoms with Crippen molar-refractivity contribution in [2.75, 3.05) is 54.7 Å². The molecule has 2 aromatic heterocycles. The maximum Gasteiger partial charge on any atom is 0.415 e. The van der Waals surface area contributed by atoms with Crippen LogP contribution in [0, 0.1) is 23.3 Å². The molecule has 284 valence electrons. The lowest BCUT2D eigenvalue weighted by atomic mass is 10.0. The molecule has 1 aliphatic heterocycles. The molecule has 1 amide bonds. The summed E-state index contributed by atoms with van der Waals surface area (Å²) in [5.41, 5.74) is 0.872. The Morgan fingerprint density at radius 3 is 2.17 bits per heavy atom. The van der Waals surface area contributed by atoms with Gasteiger partial charge in [0.1, 0.15) is 6.61 Å². The lowest BCUT2D eigenvalue weighted by molar-refractivity contribution is -0.147. The van der Waals surface area contributed by atoms with Crippen molar-refractivity contribution in [3.8, 4) is 28.7 Å². The molecule has 6 rings (SSSR count). The first kappa shape index (κ1) is 37.6. The van der Waals surface area contributed by atoms with Gasteiger partial charge in [0.15, 0.2) is 34.6 Å². The number of carbonyl (C=O) groups excluding carboxylic acids is 3. The van der Waals surface area contributed by atoms with Crippen LogP contribution in [0.25, 0.3) is 32.6 Å². The van der Waals surface area contributed by atoms with E-state index in [2.05, 4.69) is 9.72 Å². The van der Waals surface area contributed by atoms with Crippen LogP contribution in [0.3, 0.4) is 0 Å². The number of amides is 1. The lowest BCUT2D eigenvalue weighted by Crippen LogP contribution is -2.33. The molecule has 3 heterocycles. The van der Waals surface area contributed by atoms with E-state index in [-0.39, 0.29) is 48.5 Å². The molecule has 18 heteroatoms. The average Bonchev–Trinajstić information content (AvgIpc) is 3.61. The van der Waals surface area contributed by atoms with Gasteiger partial charge < -0.3 is 42.8 Å². The predicted molar refractivity (Wildman–Crippen MR) is 183 cm³/mol. The monoisotopic (exact) mass is 756 g/mol. The summed E-state index contributed by atoms with van der Waals surface area (Å²) >= 11 is 0. The van der Waals surface area contributed by atoms with Crippen LogP contribution in [-0.4, -0.2) is 92.1 Å². The predicted octanol–water partition coefficient (Wildman–Crippen LogP) is 4.92. The second-order valence-electron chi connectivity index (χ2n) is 12.3.